The quantitative estimate of drug-likeness (QED) is 0.693. The van der Waals surface area contributed by atoms with Crippen molar-refractivity contribution in [3.63, 3.8) is 0 Å². The van der Waals surface area contributed by atoms with Crippen LogP contribution in [-0.4, -0.2) is 60.6 Å². The van der Waals surface area contributed by atoms with Gasteiger partial charge < -0.3 is 19.6 Å². The van der Waals surface area contributed by atoms with E-state index in [4.69, 9.17) is 4.74 Å². The zero-order valence-electron chi connectivity index (χ0n) is 15.9. The monoisotopic (exact) mass is 380 g/mol. The molecule has 5 aliphatic heterocycles. The van der Waals surface area contributed by atoms with E-state index in [-0.39, 0.29) is 41.4 Å². The molecule has 3 saturated heterocycles. The molecular formula is C22H24N2O4. The van der Waals surface area contributed by atoms with Crippen LogP contribution in [0.1, 0.15) is 24.8 Å². The van der Waals surface area contributed by atoms with Gasteiger partial charge in [0.15, 0.2) is 0 Å². The van der Waals surface area contributed by atoms with Gasteiger partial charge >= 0.3 is 0 Å². The number of piperidine rings is 1. The van der Waals surface area contributed by atoms with Crippen LogP contribution in [0.2, 0.25) is 0 Å². The van der Waals surface area contributed by atoms with Crippen LogP contribution >= 0.6 is 0 Å². The summed E-state index contributed by atoms with van der Waals surface area (Å²) < 4.78 is 6.17. The van der Waals surface area contributed by atoms with Gasteiger partial charge in [-0.2, -0.15) is 0 Å². The van der Waals surface area contributed by atoms with E-state index in [0.29, 0.717) is 25.9 Å². The van der Waals surface area contributed by atoms with Gasteiger partial charge in [-0.3, -0.25) is 9.59 Å². The number of hydrogen-bond acceptors (Lipinski definition) is 5. The maximum absolute atomic E-state index is 13.8. The first kappa shape index (κ1) is 16.7. The first-order chi connectivity index (χ1) is 13.5. The first-order valence-electron chi connectivity index (χ1n) is 10.2. The fraction of sp³-hybridized carbons (Fsp3) is 0.545. The Hall–Kier alpha value is -2.18. The molecule has 1 aromatic carbocycles. The number of anilines is 1. The summed E-state index contributed by atoms with van der Waals surface area (Å²) in [6.45, 7) is 2.13. The average Bonchev–Trinajstić information content (AvgIpc) is 2.89. The van der Waals surface area contributed by atoms with Crippen LogP contribution in [0.15, 0.2) is 29.8 Å². The Bertz CT molecular complexity index is 940. The van der Waals surface area contributed by atoms with Crippen LogP contribution in [0.3, 0.4) is 0 Å². The fourth-order valence-corrected chi connectivity index (χ4v) is 6.67. The minimum Gasteiger partial charge on any atom is -0.508 e. The number of ether oxygens (including phenoxy) is 1. The molecule has 1 N–H and O–H groups in total. The van der Waals surface area contributed by atoms with Crippen molar-refractivity contribution in [3.8, 4) is 5.75 Å². The van der Waals surface area contributed by atoms with Crippen molar-refractivity contribution in [2.24, 2.45) is 11.8 Å². The lowest BCUT2D eigenvalue weighted by molar-refractivity contribution is -0.140. The molecule has 1 spiro atoms. The Labute approximate surface area is 163 Å². The predicted octanol–water partition coefficient (Wildman–Crippen LogP) is 1.61. The average molecular weight is 380 g/mol. The SMILES string of the molecule is CN1CCC23C(=O)CC4C(=CCOC5CC(=O)N(c6ccc(O)cc62)C3C54)C1. The largest absolute Gasteiger partial charge is 0.508 e. The maximum Gasteiger partial charge on any atom is 0.229 e. The van der Waals surface area contributed by atoms with Gasteiger partial charge in [0.1, 0.15) is 11.5 Å². The number of aromatic hydroxyl groups is 1. The molecule has 0 aromatic heterocycles. The van der Waals surface area contributed by atoms with Gasteiger partial charge in [-0.25, -0.2) is 0 Å². The Morgan fingerprint density at radius 3 is 2.96 bits per heavy atom. The third-order valence-electron chi connectivity index (χ3n) is 7.78. The van der Waals surface area contributed by atoms with Gasteiger partial charge in [-0.05, 0) is 49.7 Å². The number of phenols is 1. The molecule has 1 aliphatic carbocycles. The summed E-state index contributed by atoms with van der Waals surface area (Å²) in [5.41, 5.74) is 2.17. The Morgan fingerprint density at radius 2 is 2.11 bits per heavy atom. The van der Waals surface area contributed by atoms with Crippen LogP contribution in [-0.2, 0) is 19.7 Å². The molecule has 146 valence electrons. The molecule has 5 unspecified atom stereocenters. The molecule has 1 saturated carbocycles. The number of amides is 1. The zero-order valence-corrected chi connectivity index (χ0v) is 15.9. The molecule has 4 fully saturated rings. The topological polar surface area (TPSA) is 70.1 Å². The predicted molar refractivity (Wildman–Crippen MR) is 102 cm³/mol. The highest BCUT2D eigenvalue weighted by molar-refractivity contribution is 6.06. The summed E-state index contributed by atoms with van der Waals surface area (Å²) in [5.74, 6) is 0.634. The number of rotatable bonds is 0. The van der Waals surface area contributed by atoms with Crippen LogP contribution in [0.5, 0.6) is 5.75 Å². The number of Topliss-reactive ketones (excluding diaryl/α,β-unsaturated/α-hetero) is 1. The molecule has 6 nitrogen and oxygen atoms in total. The highest BCUT2D eigenvalue weighted by Gasteiger charge is 2.67. The molecule has 28 heavy (non-hydrogen) atoms. The van der Waals surface area contributed by atoms with Crippen molar-refractivity contribution >= 4 is 17.4 Å². The van der Waals surface area contributed by atoms with E-state index in [2.05, 4.69) is 18.0 Å². The minimum atomic E-state index is -0.749. The van der Waals surface area contributed by atoms with E-state index in [1.54, 1.807) is 12.1 Å². The van der Waals surface area contributed by atoms with E-state index >= 15 is 0 Å². The highest BCUT2D eigenvalue weighted by atomic mass is 16.5. The molecule has 4 bridgehead atoms. The summed E-state index contributed by atoms with van der Waals surface area (Å²) in [5, 5.41) is 10.2. The molecule has 6 aliphatic rings. The molecule has 1 amide bonds. The summed E-state index contributed by atoms with van der Waals surface area (Å²) in [7, 11) is 2.10. The minimum absolute atomic E-state index is 0.0320. The highest BCUT2D eigenvalue weighted by Crippen LogP contribution is 2.60. The molecule has 7 rings (SSSR count). The van der Waals surface area contributed by atoms with Crippen molar-refractivity contribution < 1.29 is 19.4 Å². The van der Waals surface area contributed by atoms with Crippen molar-refractivity contribution in [2.75, 3.05) is 31.6 Å². The van der Waals surface area contributed by atoms with Crippen molar-refractivity contribution in [3.05, 3.63) is 35.4 Å². The van der Waals surface area contributed by atoms with Gasteiger partial charge in [-0.15, -0.1) is 0 Å². The zero-order chi connectivity index (χ0) is 19.2. The van der Waals surface area contributed by atoms with E-state index in [9.17, 15) is 14.7 Å². The normalized spacial score (nSPS) is 39.0. The standard InChI is InChI=1S/C22H24N2O4/c1-23-6-5-22-15-8-13(25)2-3-16(15)24-19(27)10-17-20(21(22)24)14(9-18(22)26)12(11-23)4-7-28-17/h2-4,8,14,17,20-21,25H,5-7,9-11H2,1H3. The third kappa shape index (κ3) is 1.90. The number of hydrogen-bond donors (Lipinski definition) is 1. The lowest BCUT2D eigenvalue weighted by atomic mass is 9.55. The van der Waals surface area contributed by atoms with Gasteiger partial charge in [0.25, 0.3) is 0 Å². The maximum atomic E-state index is 13.8. The molecule has 1 aromatic rings. The van der Waals surface area contributed by atoms with Gasteiger partial charge in [0.2, 0.25) is 5.91 Å². The molecular weight excluding hydrogens is 356 g/mol. The van der Waals surface area contributed by atoms with Crippen molar-refractivity contribution in [1.29, 1.82) is 0 Å². The Balaban J connectivity index is 1.66. The number of phenolic OH excluding ortho intramolecular Hbond substituents is 1. The molecule has 6 heteroatoms. The number of ketones is 1. The second-order valence-electron chi connectivity index (χ2n) is 9.04. The lowest BCUT2D eigenvalue weighted by Crippen LogP contribution is -2.66. The summed E-state index contributed by atoms with van der Waals surface area (Å²) >= 11 is 0. The van der Waals surface area contributed by atoms with E-state index in [1.165, 1.54) is 5.57 Å². The number of fused-ring (bicyclic) bond motifs is 6. The number of carbonyl (C=O) groups excluding carboxylic acids is 2. The second kappa shape index (κ2) is 5.45. The second-order valence-corrected chi connectivity index (χ2v) is 9.04. The molecule has 5 atom stereocenters. The van der Waals surface area contributed by atoms with E-state index < -0.39 is 5.41 Å². The summed E-state index contributed by atoms with van der Waals surface area (Å²) in [6.07, 6.45) is 3.52. The fourth-order valence-electron chi connectivity index (χ4n) is 6.67. The molecule has 0 radical (unpaired) electrons. The number of nitrogens with zero attached hydrogens (tertiary/aromatic N) is 2. The lowest BCUT2D eigenvalue weighted by Gasteiger charge is -2.53. The van der Waals surface area contributed by atoms with Gasteiger partial charge in [-0.1, -0.05) is 11.6 Å². The van der Waals surface area contributed by atoms with Crippen LogP contribution in [0.25, 0.3) is 0 Å². The van der Waals surface area contributed by atoms with Gasteiger partial charge in [0.05, 0.1) is 30.6 Å². The summed E-state index contributed by atoms with van der Waals surface area (Å²) in [6, 6.07) is 4.95. The molecule has 5 heterocycles. The number of benzene rings is 1. The van der Waals surface area contributed by atoms with Crippen LogP contribution in [0.4, 0.5) is 5.69 Å². The Morgan fingerprint density at radius 1 is 1.25 bits per heavy atom. The van der Waals surface area contributed by atoms with Gasteiger partial charge in [0, 0.05) is 24.6 Å². The van der Waals surface area contributed by atoms with Crippen molar-refractivity contribution in [2.45, 2.75) is 36.8 Å². The Kier molecular flexibility index (Phi) is 3.26. The number of carbonyl (C=O) groups is 2. The van der Waals surface area contributed by atoms with Crippen LogP contribution in [0, 0.1) is 11.8 Å². The smallest absolute Gasteiger partial charge is 0.229 e. The van der Waals surface area contributed by atoms with E-state index in [1.807, 2.05) is 11.0 Å². The van der Waals surface area contributed by atoms with Crippen molar-refractivity contribution in [1.82, 2.24) is 4.90 Å². The first-order valence-corrected chi connectivity index (χ1v) is 10.2. The van der Waals surface area contributed by atoms with Crippen LogP contribution < -0.4 is 4.90 Å². The van der Waals surface area contributed by atoms with E-state index in [0.717, 1.165) is 24.3 Å². The summed E-state index contributed by atoms with van der Waals surface area (Å²) in [4.78, 5) is 31.2. The third-order valence-corrected chi connectivity index (χ3v) is 7.78. The number of likely N-dealkylation sites (N-methyl/N-ethyl adjacent to an activating group) is 1.